The molecule has 14 aromatic carbocycles. The van der Waals surface area contributed by atoms with Crippen LogP contribution in [-0.4, -0.2) is 13.4 Å². The van der Waals surface area contributed by atoms with Crippen LogP contribution in [0.1, 0.15) is 66.8 Å². The molecule has 0 aliphatic carbocycles. The van der Waals surface area contributed by atoms with Crippen molar-refractivity contribution in [3.05, 3.63) is 273 Å². The van der Waals surface area contributed by atoms with Crippen LogP contribution in [0.3, 0.4) is 0 Å². The van der Waals surface area contributed by atoms with Gasteiger partial charge in [-0.05, 0) is 207 Å². The van der Waals surface area contributed by atoms with Crippen LogP contribution in [-0.2, 0) is 0 Å². The molecule has 0 radical (unpaired) electrons. The van der Waals surface area contributed by atoms with Gasteiger partial charge in [0.25, 0.3) is 0 Å². The molecule has 90 heavy (non-hydrogen) atoms. The lowest BCUT2D eigenvalue weighted by molar-refractivity contribution is 0.479. The third-order valence-electron chi connectivity index (χ3n) is 19.0. The minimum absolute atomic E-state index is 0.276. The zero-order valence-corrected chi connectivity index (χ0v) is 53.4. The second-order valence-corrected chi connectivity index (χ2v) is 25.8. The SMILES string of the molecule is Cc1cc(C)c(Oc2cccc3c(B4c5cc6ccccc6cc5B(c5c6cccc(Oc7c(C)cc(C)cc7C)c6cc6c(Oc7c(C)cc(C)cc7C)cccc56)c5cc6ccccc6cc54)c4cccc(Oc5c(C)cc(C)cc5C)c4cc23)c(C)c1. The van der Waals surface area contributed by atoms with Gasteiger partial charge in [0.15, 0.2) is 0 Å². The van der Waals surface area contributed by atoms with Crippen molar-refractivity contribution in [1.82, 2.24) is 0 Å². The molecule has 6 heteroatoms. The maximum absolute atomic E-state index is 7.29. The summed E-state index contributed by atoms with van der Waals surface area (Å²) in [4.78, 5) is 0. The van der Waals surface area contributed by atoms with Gasteiger partial charge >= 0.3 is 0 Å². The molecule has 4 nitrogen and oxygen atoms in total. The fourth-order valence-corrected chi connectivity index (χ4v) is 15.5. The molecule has 0 N–H and O–H groups in total. The summed E-state index contributed by atoms with van der Waals surface area (Å²) in [6.45, 7) is 25.3. The van der Waals surface area contributed by atoms with E-state index in [2.05, 4.69) is 289 Å². The number of ether oxygens (including phenoxy) is 4. The van der Waals surface area contributed by atoms with Gasteiger partial charge in [-0.1, -0.05) is 225 Å². The van der Waals surface area contributed by atoms with Crippen molar-refractivity contribution >= 4 is 111 Å². The van der Waals surface area contributed by atoms with E-state index in [0.29, 0.717) is 0 Å². The third kappa shape index (κ3) is 9.55. The van der Waals surface area contributed by atoms with Crippen LogP contribution in [0.15, 0.2) is 206 Å². The molecule has 14 aromatic rings. The lowest BCUT2D eigenvalue weighted by atomic mass is 9.20. The molecule has 15 rings (SSSR count). The Balaban J connectivity index is 1.07. The molecular formula is C84H70B2O4. The van der Waals surface area contributed by atoms with Crippen molar-refractivity contribution in [1.29, 1.82) is 0 Å². The highest BCUT2D eigenvalue weighted by Gasteiger charge is 2.42. The predicted octanol–water partition coefficient (Wildman–Crippen LogP) is 18.8. The third-order valence-corrected chi connectivity index (χ3v) is 19.0. The van der Waals surface area contributed by atoms with E-state index in [0.717, 1.165) is 134 Å². The Bertz CT molecular complexity index is 4620. The number of fused-ring (bicyclic) bond motifs is 8. The Kier molecular flexibility index (Phi) is 13.8. The zero-order valence-electron chi connectivity index (χ0n) is 53.4. The fourth-order valence-electron chi connectivity index (χ4n) is 15.5. The first-order valence-electron chi connectivity index (χ1n) is 31.6. The Morgan fingerprint density at radius 3 is 0.633 bits per heavy atom. The number of benzene rings is 14. The van der Waals surface area contributed by atoms with Gasteiger partial charge in [0.1, 0.15) is 46.0 Å². The maximum atomic E-state index is 7.29. The highest BCUT2D eigenvalue weighted by atomic mass is 16.5. The minimum Gasteiger partial charge on any atom is -0.456 e. The molecule has 1 aliphatic heterocycles. The minimum atomic E-state index is -0.276. The molecule has 0 amide bonds. The lowest BCUT2D eigenvalue weighted by Gasteiger charge is -2.35. The summed E-state index contributed by atoms with van der Waals surface area (Å²) in [7, 11) is 0. The summed E-state index contributed by atoms with van der Waals surface area (Å²) in [5.74, 6) is 6.65. The summed E-state index contributed by atoms with van der Waals surface area (Å²) < 4.78 is 29.2. The van der Waals surface area contributed by atoms with E-state index in [1.165, 1.54) is 76.6 Å². The highest BCUT2D eigenvalue weighted by molar-refractivity contribution is 7.13. The predicted molar refractivity (Wildman–Crippen MR) is 383 cm³/mol. The first kappa shape index (κ1) is 56.5. The molecular weight excluding hydrogens is 1090 g/mol. The van der Waals surface area contributed by atoms with E-state index < -0.39 is 0 Å². The van der Waals surface area contributed by atoms with E-state index in [9.17, 15) is 0 Å². The number of hydrogen-bond donors (Lipinski definition) is 0. The topological polar surface area (TPSA) is 36.9 Å². The van der Waals surface area contributed by atoms with E-state index in [1.54, 1.807) is 0 Å². The van der Waals surface area contributed by atoms with Crippen LogP contribution in [0.2, 0.25) is 0 Å². The van der Waals surface area contributed by atoms with Crippen LogP contribution in [0.4, 0.5) is 0 Å². The molecule has 0 spiro atoms. The average molecular weight is 1170 g/mol. The molecule has 1 heterocycles. The first-order chi connectivity index (χ1) is 43.5. The van der Waals surface area contributed by atoms with E-state index in [4.69, 9.17) is 18.9 Å². The highest BCUT2D eigenvalue weighted by Crippen LogP contribution is 2.43. The van der Waals surface area contributed by atoms with Crippen LogP contribution >= 0.6 is 0 Å². The molecule has 0 saturated heterocycles. The van der Waals surface area contributed by atoms with Crippen molar-refractivity contribution in [3.8, 4) is 46.0 Å². The second kappa shape index (κ2) is 21.9. The summed E-state index contributed by atoms with van der Waals surface area (Å²) >= 11 is 0. The molecule has 0 saturated carbocycles. The lowest BCUT2D eigenvalue weighted by Crippen LogP contribution is -2.75. The smallest absolute Gasteiger partial charge is 0.241 e. The molecule has 0 bridgehead atoms. The average Bonchev–Trinajstić information content (AvgIpc) is 0.704. The van der Waals surface area contributed by atoms with Crippen LogP contribution in [0.5, 0.6) is 46.0 Å². The molecule has 0 unspecified atom stereocenters. The summed E-state index contributed by atoms with van der Waals surface area (Å²) in [6.07, 6.45) is 0. The monoisotopic (exact) mass is 1160 g/mol. The Hall–Kier alpha value is -10.0. The largest absolute Gasteiger partial charge is 0.456 e. The second-order valence-electron chi connectivity index (χ2n) is 25.8. The Labute approximate surface area is 528 Å². The number of hydrogen-bond acceptors (Lipinski definition) is 4. The standard InChI is InChI=1S/C84H70B2O4/c1-47-33-51(5)81(52(6)34-47)87-75-29-17-25-63-67(75)45-68-64(26-18-30-76(68)88-82-53(7)35-48(2)36-54(82)8)79(63)85-71-41-59-21-13-15-23-61(59)43-73(71)86(74-44-62-24-16-14-22-60(62)42-72(74)85)80-65-27-19-31-77(89-83-55(9)37-49(3)38-56(83)10)69(65)46-70-66(80)28-20-32-78(70)90-84-57(11)39-50(4)40-58(84)12/h13-46H,1-12H3. The summed E-state index contributed by atoms with van der Waals surface area (Å²) in [5.41, 5.74) is 21.0. The maximum Gasteiger partial charge on any atom is 0.241 e. The normalized spacial score (nSPS) is 12.2. The first-order valence-corrected chi connectivity index (χ1v) is 31.6. The number of rotatable bonds is 10. The van der Waals surface area contributed by atoms with Crippen LogP contribution in [0.25, 0.3) is 64.6 Å². The van der Waals surface area contributed by atoms with Crippen molar-refractivity contribution in [3.63, 3.8) is 0 Å². The molecule has 1 aliphatic rings. The zero-order chi connectivity index (χ0) is 62.0. The quantitative estimate of drug-likeness (QED) is 0.101. The fraction of sp³-hybridized carbons (Fsp3) is 0.143. The van der Waals surface area contributed by atoms with E-state index in [1.807, 2.05) is 0 Å². The molecule has 0 aromatic heterocycles. The van der Waals surface area contributed by atoms with Gasteiger partial charge in [0.2, 0.25) is 13.4 Å². The van der Waals surface area contributed by atoms with Gasteiger partial charge in [-0.25, -0.2) is 0 Å². The van der Waals surface area contributed by atoms with Gasteiger partial charge in [-0.3, -0.25) is 0 Å². The summed E-state index contributed by atoms with van der Waals surface area (Å²) in [5, 5.41) is 13.2. The number of aryl methyl sites for hydroxylation is 12. The van der Waals surface area contributed by atoms with Gasteiger partial charge in [-0.15, -0.1) is 0 Å². The van der Waals surface area contributed by atoms with Gasteiger partial charge < -0.3 is 18.9 Å². The van der Waals surface area contributed by atoms with Crippen molar-refractivity contribution in [2.24, 2.45) is 0 Å². The van der Waals surface area contributed by atoms with E-state index in [-0.39, 0.29) is 13.4 Å². The van der Waals surface area contributed by atoms with Crippen LogP contribution < -0.4 is 51.7 Å². The van der Waals surface area contributed by atoms with Gasteiger partial charge in [0, 0.05) is 21.5 Å². The van der Waals surface area contributed by atoms with Gasteiger partial charge in [0.05, 0.1) is 0 Å². The Morgan fingerprint density at radius 2 is 0.422 bits per heavy atom. The Morgan fingerprint density at radius 1 is 0.211 bits per heavy atom. The van der Waals surface area contributed by atoms with Gasteiger partial charge in [-0.2, -0.15) is 0 Å². The van der Waals surface area contributed by atoms with Crippen molar-refractivity contribution < 1.29 is 18.9 Å². The molecule has 0 fully saturated rings. The van der Waals surface area contributed by atoms with E-state index >= 15 is 0 Å². The molecule has 436 valence electrons. The van der Waals surface area contributed by atoms with Crippen LogP contribution in [0, 0.1) is 83.1 Å². The summed E-state index contributed by atoms with van der Waals surface area (Å²) in [6, 6.07) is 76.7. The van der Waals surface area contributed by atoms with Crippen molar-refractivity contribution in [2.45, 2.75) is 83.1 Å². The van der Waals surface area contributed by atoms with Crippen molar-refractivity contribution in [2.75, 3.05) is 0 Å². The molecule has 0 atom stereocenters.